The third kappa shape index (κ3) is 6.13. The molecule has 0 radical (unpaired) electrons. The molecule has 43 heavy (non-hydrogen) atoms. The van der Waals surface area contributed by atoms with Crippen molar-refractivity contribution in [2.24, 2.45) is 0 Å². The van der Waals surface area contributed by atoms with E-state index in [-0.39, 0.29) is 23.4 Å². The Kier molecular flexibility index (Phi) is 8.43. The summed E-state index contributed by atoms with van der Waals surface area (Å²) in [5, 5.41) is 10.4. The van der Waals surface area contributed by atoms with E-state index in [4.69, 9.17) is 0 Å². The van der Waals surface area contributed by atoms with E-state index in [0.29, 0.717) is 46.8 Å². The Morgan fingerprint density at radius 2 is 1.84 bits per heavy atom. The molecule has 3 aliphatic heterocycles. The highest BCUT2D eigenvalue weighted by Crippen LogP contribution is 2.53. The zero-order valence-corrected chi connectivity index (χ0v) is 25.2. The number of likely N-dealkylation sites (tertiary alicyclic amines) is 1. The number of aromatic nitrogens is 2. The lowest BCUT2D eigenvalue weighted by Crippen LogP contribution is -2.57. The number of carbonyl (C=O) groups excluding carboxylic acids is 3. The molecule has 0 saturated carbocycles. The minimum Gasteiger partial charge on any atom is -0.341 e. The number of aromatic amines is 1. The Morgan fingerprint density at radius 3 is 2.56 bits per heavy atom. The van der Waals surface area contributed by atoms with E-state index in [2.05, 4.69) is 15.5 Å². The molecule has 0 spiro atoms. The van der Waals surface area contributed by atoms with Crippen molar-refractivity contribution >= 4 is 46.7 Å². The molecule has 6 rings (SSSR count). The predicted molar refractivity (Wildman–Crippen MR) is 158 cm³/mol. The summed E-state index contributed by atoms with van der Waals surface area (Å²) in [5.74, 6) is -2.82. The van der Waals surface area contributed by atoms with E-state index in [1.54, 1.807) is 11.1 Å². The Morgan fingerprint density at radius 1 is 1.07 bits per heavy atom. The van der Waals surface area contributed by atoms with Crippen molar-refractivity contribution < 1.29 is 33.1 Å². The van der Waals surface area contributed by atoms with E-state index in [9.17, 15) is 33.1 Å². The van der Waals surface area contributed by atoms with Crippen molar-refractivity contribution in [3.63, 3.8) is 0 Å². The monoisotopic (exact) mass is 631 g/mol. The molecule has 3 saturated heterocycles. The second-order valence-electron chi connectivity index (χ2n) is 11.7. The minimum atomic E-state index is -4.97. The zero-order chi connectivity index (χ0) is 30.3. The fraction of sp³-hybridized carbons (Fsp3) is 0.517. The largest absolute Gasteiger partial charge is 0.363 e. The van der Waals surface area contributed by atoms with Crippen LogP contribution in [-0.2, 0) is 14.2 Å². The van der Waals surface area contributed by atoms with Crippen molar-refractivity contribution in [1.82, 2.24) is 25.3 Å². The Bertz CT molecular complexity index is 1550. The average molecular weight is 632 g/mol. The van der Waals surface area contributed by atoms with Gasteiger partial charge in [-0.3, -0.25) is 24.0 Å². The lowest BCUT2D eigenvalue weighted by atomic mass is 9.93. The number of nitrogens with one attached hydrogen (secondary N) is 2. The van der Waals surface area contributed by atoms with E-state index in [1.165, 1.54) is 24.3 Å². The molecule has 3 amide bonds. The van der Waals surface area contributed by atoms with E-state index >= 15 is 0 Å². The number of hydrogen-bond acceptors (Lipinski definition) is 6. The van der Waals surface area contributed by atoms with E-state index in [0.717, 1.165) is 55.6 Å². The van der Waals surface area contributed by atoms with Gasteiger partial charge in [-0.1, -0.05) is 18.9 Å². The molecule has 1 aromatic carbocycles. The number of benzene rings is 1. The molecule has 5 heterocycles. The summed E-state index contributed by atoms with van der Waals surface area (Å²) < 4.78 is 26.3. The van der Waals surface area contributed by atoms with Gasteiger partial charge in [-0.05, 0) is 73.7 Å². The summed E-state index contributed by atoms with van der Waals surface area (Å²) in [6.07, 6.45) is 7.74. The molecule has 0 bridgehead atoms. The summed E-state index contributed by atoms with van der Waals surface area (Å²) in [6, 6.07) is 6.32. The number of fused-ring (bicyclic) bond motifs is 2. The Hall–Kier alpha value is -3.12. The van der Waals surface area contributed by atoms with Crippen molar-refractivity contribution in [2.45, 2.75) is 81.3 Å². The van der Waals surface area contributed by atoms with Gasteiger partial charge in [0.05, 0.1) is 4.88 Å². The summed E-state index contributed by atoms with van der Waals surface area (Å²) in [4.78, 5) is 63.4. The van der Waals surface area contributed by atoms with Crippen molar-refractivity contribution in [2.75, 3.05) is 13.1 Å². The summed E-state index contributed by atoms with van der Waals surface area (Å²) in [7, 11) is -4.97. The van der Waals surface area contributed by atoms with Gasteiger partial charge >= 0.3 is 7.60 Å². The molecule has 14 heteroatoms. The number of rotatable bonds is 6. The third-order valence-corrected chi connectivity index (χ3v) is 11.0. The summed E-state index contributed by atoms with van der Waals surface area (Å²) >= 11 is 1.15. The zero-order valence-electron chi connectivity index (χ0n) is 23.5. The fourth-order valence-corrected chi connectivity index (χ4v) is 8.26. The summed E-state index contributed by atoms with van der Waals surface area (Å²) in [6.45, 7) is 1.24. The van der Waals surface area contributed by atoms with Crippen LogP contribution < -0.4 is 5.32 Å². The standard InChI is InChI=1S/C29H35FN5O6PS/c30-26(42(39,40)41)18-5-8-24-19(15-18)16-25(43-24)27(36)32-22-4-2-1-3-20-6-7-23(35(20)28(22)37)29(38)34-13-10-17(11-14-34)21-9-12-31-33-21/h5,8-9,12,15-17,20,22-23,26H,1-4,6-7,10-11,13-14H2,(H,31,33)(H,32,36)(H2,39,40,41)/t20-,22-,23-,26?/m0/s1. The van der Waals surface area contributed by atoms with Gasteiger partial charge < -0.3 is 24.9 Å². The van der Waals surface area contributed by atoms with Crippen LogP contribution in [-0.4, -0.2) is 78.7 Å². The van der Waals surface area contributed by atoms with Crippen LogP contribution in [0.1, 0.15) is 84.1 Å². The first-order valence-corrected chi connectivity index (χ1v) is 17.2. The van der Waals surface area contributed by atoms with Crippen LogP contribution >= 0.6 is 18.9 Å². The number of H-pyrrole nitrogens is 1. The molecule has 0 aliphatic carbocycles. The SMILES string of the molecule is O=C(N[C@H]1CCCC[C@H]2CC[C@@H](C(=O)N3CCC(c4ccn[nH]4)CC3)N2C1=O)c1cc2cc(C(F)P(=O)(O)O)ccc2s1. The van der Waals surface area contributed by atoms with Crippen LogP contribution in [0.3, 0.4) is 0 Å². The van der Waals surface area contributed by atoms with E-state index < -0.39 is 31.5 Å². The first-order valence-electron chi connectivity index (χ1n) is 14.7. The predicted octanol–water partition coefficient (Wildman–Crippen LogP) is 4.21. The lowest BCUT2D eigenvalue weighted by Gasteiger charge is -2.38. The maximum Gasteiger partial charge on any atom is 0.363 e. The van der Waals surface area contributed by atoms with Gasteiger partial charge in [0.2, 0.25) is 17.7 Å². The third-order valence-electron chi connectivity index (χ3n) is 9.03. The van der Waals surface area contributed by atoms with Crippen LogP contribution in [0.25, 0.3) is 10.1 Å². The Balaban J connectivity index is 1.15. The second-order valence-corrected chi connectivity index (χ2v) is 14.5. The molecular formula is C29H35FN5O6PS. The fourth-order valence-electron chi connectivity index (χ4n) is 6.77. The van der Waals surface area contributed by atoms with Crippen LogP contribution in [0.2, 0.25) is 0 Å². The second kappa shape index (κ2) is 12.1. The molecule has 11 nitrogen and oxygen atoms in total. The van der Waals surface area contributed by atoms with Gasteiger partial charge in [0, 0.05) is 41.6 Å². The number of alkyl halides is 1. The number of hydrogen-bond donors (Lipinski definition) is 4. The van der Waals surface area contributed by atoms with Crippen LogP contribution in [0.15, 0.2) is 36.5 Å². The maximum absolute atomic E-state index is 14.2. The average Bonchev–Trinajstić information content (AvgIpc) is 3.76. The van der Waals surface area contributed by atoms with Gasteiger partial charge in [-0.15, -0.1) is 11.3 Å². The molecule has 3 aliphatic rings. The maximum atomic E-state index is 14.2. The van der Waals surface area contributed by atoms with Crippen molar-refractivity contribution in [3.8, 4) is 0 Å². The van der Waals surface area contributed by atoms with Crippen LogP contribution in [0, 0.1) is 0 Å². The van der Waals surface area contributed by atoms with Crippen LogP contribution in [0.5, 0.6) is 0 Å². The number of nitrogens with zero attached hydrogens (tertiary/aromatic N) is 3. The highest BCUT2D eigenvalue weighted by Gasteiger charge is 2.45. The van der Waals surface area contributed by atoms with Crippen molar-refractivity contribution in [1.29, 1.82) is 0 Å². The van der Waals surface area contributed by atoms with Gasteiger partial charge in [-0.25, -0.2) is 4.39 Å². The van der Waals surface area contributed by atoms with E-state index in [1.807, 2.05) is 11.0 Å². The number of halogens is 1. The quantitative estimate of drug-likeness (QED) is 0.297. The van der Waals surface area contributed by atoms with Gasteiger partial charge in [0.25, 0.3) is 5.91 Å². The molecule has 1 unspecified atom stereocenters. The highest BCUT2D eigenvalue weighted by molar-refractivity contribution is 7.51. The molecule has 230 valence electrons. The normalized spacial score (nSPS) is 24.4. The molecule has 4 N–H and O–H groups in total. The smallest absolute Gasteiger partial charge is 0.341 e. The molecule has 2 aromatic heterocycles. The number of piperidine rings is 1. The molecule has 3 aromatic rings. The van der Waals surface area contributed by atoms with Gasteiger partial charge in [-0.2, -0.15) is 5.10 Å². The minimum absolute atomic E-state index is 0.0219. The topological polar surface area (TPSA) is 156 Å². The highest BCUT2D eigenvalue weighted by atomic mass is 32.1. The van der Waals surface area contributed by atoms with Crippen molar-refractivity contribution in [3.05, 3.63) is 52.7 Å². The van der Waals surface area contributed by atoms with Gasteiger partial charge in [0.15, 0.2) is 0 Å². The molecular weight excluding hydrogens is 596 g/mol. The molecule has 3 fully saturated rings. The van der Waals surface area contributed by atoms with Gasteiger partial charge in [0.1, 0.15) is 12.1 Å². The van der Waals surface area contributed by atoms with Crippen LogP contribution in [0.4, 0.5) is 4.39 Å². The number of thiophene rings is 1. The lowest BCUT2D eigenvalue weighted by molar-refractivity contribution is -0.147. The number of amides is 3. The summed E-state index contributed by atoms with van der Waals surface area (Å²) in [5.41, 5.74) is 0.916. The molecule has 4 atom stereocenters. The first kappa shape index (κ1) is 29.9. The first-order chi connectivity index (χ1) is 20.6. The Labute approximate surface area is 252 Å². The number of carbonyl (C=O) groups is 3.